The van der Waals surface area contributed by atoms with Gasteiger partial charge in [0.1, 0.15) is 0 Å². The summed E-state index contributed by atoms with van der Waals surface area (Å²) in [7, 11) is 0. The van der Waals surface area contributed by atoms with Gasteiger partial charge < -0.3 is 5.11 Å². The Bertz CT molecular complexity index is 1040. The lowest BCUT2D eigenvalue weighted by atomic mass is 10.00. The van der Waals surface area contributed by atoms with E-state index in [1.807, 2.05) is 0 Å². The van der Waals surface area contributed by atoms with Crippen molar-refractivity contribution in [1.82, 2.24) is 4.98 Å². The first-order valence-electron chi connectivity index (χ1n) is 8.06. The van der Waals surface area contributed by atoms with Crippen molar-refractivity contribution in [1.29, 1.82) is 0 Å². The second kappa shape index (κ2) is 7.23. The molecule has 0 unspecified atom stereocenters. The minimum absolute atomic E-state index is 0.0851. The Morgan fingerprint density at radius 1 is 0.690 bits per heavy atom. The molecule has 0 bridgehead atoms. The third kappa shape index (κ3) is 4.39. The molecular weight excluding hydrogens is 400 g/mol. The van der Waals surface area contributed by atoms with Crippen molar-refractivity contribution in [3.8, 4) is 22.4 Å². The van der Waals surface area contributed by atoms with Crippen LogP contribution >= 0.6 is 0 Å². The molecule has 1 N–H and O–H groups in total. The van der Waals surface area contributed by atoms with Crippen LogP contribution in [0.5, 0.6) is 0 Å². The van der Waals surface area contributed by atoms with E-state index >= 15 is 0 Å². The van der Waals surface area contributed by atoms with Crippen LogP contribution in [0.25, 0.3) is 22.4 Å². The molecule has 0 amide bonds. The molecule has 1 heterocycles. The summed E-state index contributed by atoms with van der Waals surface area (Å²) in [4.78, 5) is 15.6. The van der Waals surface area contributed by atoms with Crippen LogP contribution in [0.3, 0.4) is 0 Å². The number of hydrogen-bond donors (Lipinski definition) is 1. The van der Waals surface area contributed by atoms with Crippen LogP contribution in [0.2, 0.25) is 0 Å². The molecule has 0 aliphatic heterocycles. The molecule has 0 aliphatic carbocycles. The smallest absolute Gasteiger partial charge is 0.416 e. The number of carboxylic acid groups (broad SMARTS) is 1. The molecule has 0 saturated carbocycles. The van der Waals surface area contributed by atoms with Crippen LogP contribution in [0.4, 0.5) is 26.3 Å². The molecule has 0 spiro atoms. The van der Waals surface area contributed by atoms with Crippen LogP contribution < -0.4 is 0 Å². The summed E-state index contributed by atoms with van der Waals surface area (Å²) in [6.07, 6.45) is -9.04. The number of carbonyl (C=O) groups is 1. The number of halogens is 6. The minimum Gasteiger partial charge on any atom is -0.476 e. The molecular formula is C20H11F6NO2. The Morgan fingerprint density at radius 2 is 1.14 bits per heavy atom. The predicted octanol–water partition coefficient (Wildman–Crippen LogP) is 6.15. The summed E-state index contributed by atoms with van der Waals surface area (Å²) in [5, 5.41) is 9.44. The zero-order chi connectivity index (χ0) is 21.4. The van der Waals surface area contributed by atoms with E-state index < -0.39 is 35.1 Å². The molecule has 0 atom stereocenters. The maximum atomic E-state index is 12.7. The quantitative estimate of drug-likeness (QED) is 0.526. The van der Waals surface area contributed by atoms with E-state index in [0.29, 0.717) is 0 Å². The second-order valence-electron chi connectivity index (χ2n) is 6.05. The Morgan fingerprint density at radius 3 is 1.55 bits per heavy atom. The van der Waals surface area contributed by atoms with E-state index in [9.17, 15) is 36.2 Å². The zero-order valence-corrected chi connectivity index (χ0v) is 14.3. The monoisotopic (exact) mass is 411 g/mol. The molecule has 0 aliphatic rings. The normalized spacial score (nSPS) is 12.1. The third-order valence-corrected chi connectivity index (χ3v) is 4.13. The highest BCUT2D eigenvalue weighted by Crippen LogP contribution is 2.33. The van der Waals surface area contributed by atoms with Crippen LogP contribution in [0.15, 0.2) is 60.7 Å². The Balaban J connectivity index is 2.01. The number of aromatic carboxylic acids is 1. The average molecular weight is 411 g/mol. The zero-order valence-electron chi connectivity index (χ0n) is 14.3. The molecule has 0 radical (unpaired) electrons. The maximum absolute atomic E-state index is 12.7. The highest BCUT2D eigenvalue weighted by molar-refractivity contribution is 5.94. The van der Waals surface area contributed by atoms with Gasteiger partial charge in [0.2, 0.25) is 0 Å². The van der Waals surface area contributed by atoms with Crippen LogP contribution in [0.1, 0.15) is 21.6 Å². The van der Waals surface area contributed by atoms with Gasteiger partial charge in [-0.05, 0) is 42.0 Å². The van der Waals surface area contributed by atoms with Crippen molar-refractivity contribution < 1.29 is 36.2 Å². The largest absolute Gasteiger partial charge is 0.476 e. The van der Waals surface area contributed by atoms with Gasteiger partial charge in [0.05, 0.1) is 16.8 Å². The van der Waals surface area contributed by atoms with Gasteiger partial charge in [0.25, 0.3) is 0 Å². The number of aromatic nitrogens is 1. The Labute approximate surface area is 160 Å². The van der Waals surface area contributed by atoms with Gasteiger partial charge in [-0.2, -0.15) is 26.3 Å². The van der Waals surface area contributed by atoms with E-state index in [1.54, 1.807) is 0 Å². The fourth-order valence-electron chi connectivity index (χ4n) is 2.68. The molecule has 0 saturated heterocycles. The molecule has 150 valence electrons. The van der Waals surface area contributed by atoms with Gasteiger partial charge in [-0.1, -0.05) is 24.3 Å². The molecule has 3 rings (SSSR count). The van der Waals surface area contributed by atoms with E-state index in [2.05, 4.69) is 4.98 Å². The first kappa shape index (κ1) is 20.4. The summed E-state index contributed by atoms with van der Waals surface area (Å²) in [5.74, 6) is -1.42. The van der Waals surface area contributed by atoms with Crippen molar-refractivity contribution in [2.45, 2.75) is 12.4 Å². The van der Waals surface area contributed by atoms with Crippen LogP contribution in [-0.4, -0.2) is 16.1 Å². The second-order valence-corrected chi connectivity index (χ2v) is 6.05. The highest BCUT2D eigenvalue weighted by Gasteiger charge is 2.31. The van der Waals surface area contributed by atoms with Crippen LogP contribution in [0, 0.1) is 0 Å². The molecule has 3 nitrogen and oxygen atoms in total. The van der Waals surface area contributed by atoms with Gasteiger partial charge >= 0.3 is 18.3 Å². The van der Waals surface area contributed by atoms with E-state index in [4.69, 9.17) is 0 Å². The fraction of sp³-hybridized carbons (Fsp3) is 0.100. The van der Waals surface area contributed by atoms with E-state index in [-0.39, 0.29) is 22.4 Å². The molecule has 0 fully saturated rings. The lowest BCUT2D eigenvalue weighted by Crippen LogP contribution is -2.06. The number of alkyl halides is 6. The lowest BCUT2D eigenvalue weighted by molar-refractivity contribution is -0.138. The summed E-state index contributed by atoms with van der Waals surface area (Å²) < 4.78 is 76.1. The van der Waals surface area contributed by atoms with E-state index in [0.717, 1.165) is 48.5 Å². The maximum Gasteiger partial charge on any atom is 0.416 e. The summed E-state index contributed by atoms with van der Waals surface area (Å²) >= 11 is 0. The standard InChI is InChI=1S/C20H11F6NO2/c21-19(22,23)13-5-1-11(2-6-13)15-9-10-16(27-17(15)18(28)29)12-3-7-14(8-4-12)20(24,25)26/h1-10H,(H,28,29). The lowest BCUT2D eigenvalue weighted by Gasteiger charge is -2.11. The topological polar surface area (TPSA) is 50.2 Å². The third-order valence-electron chi connectivity index (χ3n) is 4.13. The van der Waals surface area contributed by atoms with Gasteiger partial charge in [-0.25, -0.2) is 9.78 Å². The molecule has 9 heteroatoms. The minimum atomic E-state index is -4.53. The van der Waals surface area contributed by atoms with E-state index in [1.165, 1.54) is 12.1 Å². The van der Waals surface area contributed by atoms with Crippen LogP contribution in [-0.2, 0) is 12.4 Å². The van der Waals surface area contributed by atoms with Gasteiger partial charge in [-0.15, -0.1) is 0 Å². The SMILES string of the molecule is O=C(O)c1nc(-c2ccc(C(F)(F)F)cc2)ccc1-c1ccc(C(F)(F)F)cc1. The number of pyridine rings is 1. The number of carboxylic acids is 1. The summed E-state index contributed by atoms with van der Waals surface area (Å²) in [6, 6.07) is 10.7. The number of hydrogen-bond acceptors (Lipinski definition) is 2. The molecule has 2 aromatic carbocycles. The Hall–Kier alpha value is -3.36. The van der Waals surface area contributed by atoms with Gasteiger partial charge in [0, 0.05) is 11.1 Å². The summed E-state index contributed by atoms with van der Waals surface area (Å²) in [6.45, 7) is 0. The number of rotatable bonds is 3. The first-order valence-corrected chi connectivity index (χ1v) is 8.06. The number of benzene rings is 2. The fourth-order valence-corrected chi connectivity index (χ4v) is 2.68. The highest BCUT2D eigenvalue weighted by atomic mass is 19.4. The van der Waals surface area contributed by atoms with Crippen molar-refractivity contribution in [2.24, 2.45) is 0 Å². The molecule has 29 heavy (non-hydrogen) atoms. The van der Waals surface area contributed by atoms with Crippen molar-refractivity contribution in [3.05, 3.63) is 77.5 Å². The van der Waals surface area contributed by atoms with Crippen molar-refractivity contribution in [2.75, 3.05) is 0 Å². The average Bonchev–Trinajstić information content (AvgIpc) is 2.66. The van der Waals surface area contributed by atoms with Crippen molar-refractivity contribution in [3.63, 3.8) is 0 Å². The van der Waals surface area contributed by atoms with Gasteiger partial charge in [-0.3, -0.25) is 0 Å². The molecule has 3 aromatic rings. The Kier molecular flexibility index (Phi) is 5.08. The predicted molar refractivity (Wildman–Crippen MR) is 92.1 cm³/mol. The first-order chi connectivity index (χ1) is 13.5. The number of nitrogens with zero attached hydrogens (tertiary/aromatic N) is 1. The summed E-state index contributed by atoms with van der Waals surface area (Å²) in [5.41, 5.74) is -1.49. The van der Waals surface area contributed by atoms with Gasteiger partial charge in [0.15, 0.2) is 5.69 Å². The van der Waals surface area contributed by atoms with Crippen molar-refractivity contribution >= 4 is 5.97 Å². The molecule has 1 aromatic heterocycles.